The van der Waals surface area contributed by atoms with Gasteiger partial charge < -0.3 is 16.2 Å². The normalized spacial score (nSPS) is 9.60. The molecule has 5 nitrogen and oxygen atoms in total. The summed E-state index contributed by atoms with van der Waals surface area (Å²) in [6.07, 6.45) is 0.0778. The second-order valence-electron chi connectivity index (χ2n) is 3.06. The van der Waals surface area contributed by atoms with Crippen molar-refractivity contribution >= 4 is 17.5 Å². The van der Waals surface area contributed by atoms with Gasteiger partial charge in [-0.15, -0.1) is 0 Å². The molecule has 0 aliphatic heterocycles. The van der Waals surface area contributed by atoms with Gasteiger partial charge >= 0.3 is 5.97 Å². The number of anilines is 1. The van der Waals surface area contributed by atoms with Gasteiger partial charge in [-0.25, -0.2) is 0 Å². The summed E-state index contributed by atoms with van der Waals surface area (Å²) in [6, 6.07) is 6.95. The van der Waals surface area contributed by atoms with Crippen LogP contribution in [0.4, 0.5) is 5.69 Å². The second-order valence-corrected chi connectivity index (χ2v) is 3.06. The quantitative estimate of drug-likeness (QED) is 0.425. The number of hydrogen-bond acceptors (Lipinski definition) is 3. The summed E-state index contributed by atoms with van der Waals surface area (Å²) in [5.74, 6) is -0.810. The lowest BCUT2D eigenvalue weighted by molar-refractivity contribution is -0.136. The van der Waals surface area contributed by atoms with Crippen LogP contribution in [0.3, 0.4) is 0 Å². The van der Waals surface area contributed by atoms with Gasteiger partial charge in [0.15, 0.2) is 0 Å². The monoisotopic (exact) mass is 207 g/mol. The first-order chi connectivity index (χ1) is 7.09. The maximum absolute atomic E-state index is 10.2. The van der Waals surface area contributed by atoms with E-state index in [1.54, 1.807) is 24.3 Å². The van der Waals surface area contributed by atoms with Crippen molar-refractivity contribution in [1.29, 1.82) is 5.41 Å². The fraction of sp³-hybridized carbons (Fsp3) is 0.200. The Morgan fingerprint density at radius 1 is 1.40 bits per heavy atom. The lowest BCUT2D eigenvalue weighted by Crippen LogP contribution is -2.11. The zero-order valence-corrected chi connectivity index (χ0v) is 8.16. The predicted molar refractivity (Wildman–Crippen MR) is 58.2 cm³/mol. The second kappa shape index (κ2) is 4.99. The molecule has 0 unspecified atom stereocenters. The van der Waals surface area contributed by atoms with Gasteiger partial charge in [-0.1, -0.05) is 0 Å². The average Bonchev–Trinajstić information content (AvgIpc) is 2.18. The van der Waals surface area contributed by atoms with Crippen LogP contribution in [-0.4, -0.2) is 23.5 Å². The van der Waals surface area contributed by atoms with Gasteiger partial charge in [0.2, 0.25) is 0 Å². The standard InChI is InChI=1S/C10H13N3O2/c11-10(12)7-1-3-8(4-2-7)13-6-5-9(14)15/h1-4,13H,5-6H2,(H3,11,12)(H,14,15). The van der Waals surface area contributed by atoms with E-state index in [-0.39, 0.29) is 12.3 Å². The third kappa shape index (κ3) is 3.68. The summed E-state index contributed by atoms with van der Waals surface area (Å²) < 4.78 is 0. The van der Waals surface area contributed by atoms with Crippen molar-refractivity contribution in [2.75, 3.05) is 11.9 Å². The van der Waals surface area contributed by atoms with E-state index >= 15 is 0 Å². The maximum atomic E-state index is 10.2. The number of carboxylic acids is 1. The number of benzene rings is 1. The topological polar surface area (TPSA) is 99.2 Å². The Balaban J connectivity index is 2.50. The zero-order valence-electron chi connectivity index (χ0n) is 8.16. The van der Waals surface area contributed by atoms with Crippen LogP contribution in [0.1, 0.15) is 12.0 Å². The number of hydrogen-bond donors (Lipinski definition) is 4. The van der Waals surface area contributed by atoms with Gasteiger partial charge in [0.1, 0.15) is 5.84 Å². The summed E-state index contributed by atoms with van der Waals surface area (Å²) in [5.41, 5.74) is 6.76. The summed E-state index contributed by atoms with van der Waals surface area (Å²) >= 11 is 0. The Morgan fingerprint density at radius 2 is 2.00 bits per heavy atom. The molecule has 0 spiro atoms. The molecule has 0 aromatic heterocycles. The Morgan fingerprint density at radius 3 is 2.47 bits per heavy atom. The Labute approximate surface area is 87.4 Å². The number of carboxylic acid groups (broad SMARTS) is 1. The highest BCUT2D eigenvalue weighted by atomic mass is 16.4. The Hall–Kier alpha value is -2.04. The average molecular weight is 207 g/mol. The van der Waals surface area contributed by atoms with E-state index in [4.69, 9.17) is 16.2 Å². The van der Waals surface area contributed by atoms with Crippen LogP contribution < -0.4 is 11.1 Å². The molecule has 5 heteroatoms. The lowest BCUT2D eigenvalue weighted by Gasteiger charge is -2.05. The minimum atomic E-state index is -0.831. The van der Waals surface area contributed by atoms with Gasteiger partial charge in [-0.05, 0) is 24.3 Å². The molecule has 0 radical (unpaired) electrons. The van der Waals surface area contributed by atoms with Crippen molar-refractivity contribution < 1.29 is 9.90 Å². The first-order valence-corrected chi connectivity index (χ1v) is 4.49. The molecule has 0 heterocycles. The number of aliphatic carboxylic acids is 1. The summed E-state index contributed by atoms with van der Waals surface area (Å²) in [6.45, 7) is 0.384. The van der Waals surface area contributed by atoms with E-state index in [1.165, 1.54) is 0 Å². The fourth-order valence-electron chi connectivity index (χ4n) is 1.08. The van der Waals surface area contributed by atoms with Crippen LogP contribution in [0.5, 0.6) is 0 Å². The summed E-state index contributed by atoms with van der Waals surface area (Å²) in [5, 5.41) is 18.6. The van der Waals surface area contributed by atoms with Crippen molar-refractivity contribution in [2.24, 2.45) is 5.73 Å². The fourth-order valence-corrected chi connectivity index (χ4v) is 1.08. The highest BCUT2D eigenvalue weighted by molar-refractivity contribution is 5.95. The molecule has 0 fully saturated rings. The minimum Gasteiger partial charge on any atom is -0.481 e. The molecule has 1 rings (SSSR count). The number of amidine groups is 1. The number of carbonyl (C=O) groups is 1. The third-order valence-electron chi connectivity index (χ3n) is 1.86. The number of nitrogens with one attached hydrogen (secondary N) is 2. The first kappa shape index (κ1) is 11.0. The summed E-state index contributed by atoms with van der Waals surface area (Å²) in [4.78, 5) is 10.2. The summed E-state index contributed by atoms with van der Waals surface area (Å²) in [7, 11) is 0. The molecule has 0 amide bonds. The predicted octanol–water partition coefficient (Wildman–Crippen LogP) is 0.857. The van der Waals surface area contributed by atoms with E-state index < -0.39 is 5.97 Å². The van der Waals surface area contributed by atoms with E-state index in [0.717, 1.165) is 5.69 Å². The molecule has 80 valence electrons. The van der Waals surface area contributed by atoms with E-state index in [0.29, 0.717) is 12.1 Å². The first-order valence-electron chi connectivity index (χ1n) is 4.49. The molecule has 0 saturated carbocycles. The molecule has 0 aliphatic rings. The van der Waals surface area contributed by atoms with Crippen molar-refractivity contribution in [3.05, 3.63) is 29.8 Å². The molecule has 0 bridgehead atoms. The molecule has 1 aromatic carbocycles. The van der Waals surface area contributed by atoms with Crippen molar-refractivity contribution in [2.45, 2.75) is 6.42 Å². The molecular weight excluding hydrogens is 194 g/mol. The largest absolute Gasteiger partial charge is 0.481 e. The van der Waals surface area contributed by atoms with E-state index in [2.05, 4.69) is 5.32 Å². The number of nitrogen functional groups attached to an aromatic ring is 1. The molecule has 0 saturated heterocycles. The third-order valence-corrected chi connectivity index (χ3v) is 1.86. The van der Waals surface area contributed by atoms with Crippen LogP contribution in [-0.2, 0) is 4.79 Å². The molecular formula is C10H13N3O2. The van der Waals surface area contributed by atoms with Gasteiger partial charge in [0, 0.05) is 17.8 Å². The Kier molecular flexibility index (Phi) is 3.68. The minimum absolute atomic E-state index is 0.0204. The van der Waals surface area contributed by atoms with Crippen molar-refractivity contribution in [3.63, 3.8) is 0 Å². The molecule has 15 heavy (non-hydrogen) atoms. The molecule has 0 aliphatic carbocycles. The van der Waals surface area contributed by atoms with Crippen LogP contribution in [0.25, 0.3) is 0 Å². The van der Waals surface area contributed by atoms with E-state index in [1.807, 2.05) is 0 Å². The maximum Gasteiger partial charge on any atom is 0.305 e. The number of rotatable bonds is 5. The van der Waals surface area contributed by atoms with Crippen molar-refractivity contribution in [3.8, 4) is 0 Å². The molecule has 0 atom stereocenters. The van der Waals surface area contributed by atoms with Gasteiger partial charge in [0.25, 0.3) is 0 Å². The van der Waals surface area contributed by atoms with Crippen molar-refractivity contribution in [1.82, 2.24) is 0 Å². The smallest absolute Gasteiger partial charge is 0.305 e. The SMILES string of the molecule is N=C(N)c1ccc(NCCC(=O)O)cc1. The Bertz CT molecular complexity index is 359. The number of nitrogens with two attached hydrogens (primary N) is 1. The lowest BCUT2D eigenvalue weighted by atomic mass is 10.2. The van der Waals surface area contributed by atoms with Crippen LogP contribution in [0, 0.1) is 5.41 Å². The van der Waals surface area contributed by atoms with Crippen LogP contribution in [0.2, 0.25) is 0 Å². The highest BCUT2D eigenvalue weighted by Crippen LogP contribution is 2.08. The molecule has 5 N–H and O–H groups in total. The van der Waals surface area contributed by atoms with Crippen LogP contribution in [0.15, 0.2) is 24.3 Å². The van der Waals surface area contributed by atoms with E-state index in [9.17, 15) is 4.79 Å². The van der Waals surface area contributed by atoms with Gasteiger partial charge in [0.05, 0.1) is 6.42 Å². The zero-order chi connectivity index (χ0) is 11.3. The molecule has 1 aromatic rings. The van der Waals surface area contributed by atoms with Gasteiger partial charge in [-0.2, -0.15) is 0 Å². The van der Waals surface area contributed by atoms with Gasteiger partial charge in [-0.3, -0.25) is 10.2 Å². The highest BCUT2D eigenvalue weighted by Gasteiger charge is 1.98. The van der Waals surface area contributed by atoms with Crippen LogP contribution >= 0.6 is 0 Å².